The van der Waals surface area contributed by atoms with Gasteiger partial charge in [0.25, 0.3) is 0 Å². The van der Waals surface area contributed by atoms with Gasteiger partial charge in [0.2, 0.25) is 0 Å². The van der Waals surface area contributed by atoms with Gasteiger partial charge < -0.3 is 15.4 Å². The molecule has 0 bridgehead atoms. The average molecular weight is 429 g/mol. The van der Waals surface area contributed by atoms with Crippen molar-refractivity contribution in [3.05, 3.63) is 58.9 Å². The maximum absolute atomic E-state index is 12.2. The van der Waals surface area contributed by atoms with E-state index in [2.05, 4.69) is 29.6 Å². The van der Waals surface area contributed by atoms with Crippen LogP contribution in [0.3, 0.4) is 0 Å². The first kappa shape index (κ1) is 21.0. The first-order valence-electron chi connectivity index (χ1n) is 9.29. The van der Waals surface area contributed by atoms with E-state index in [1.54, 1.807) is 0 Å². The van der Waals surface area contributed by atoms with Crippen molar-refractivity contribution < 1.29 is 9.53 Å². The Morgan fingerprint density at radius 2 is 2.00 bits per heavy atom. The lowest BCUT2D eigenvalue weighted by atomic mass is 10.1. The molecule has 0 aliphatic heterocycles. The Morgan fingerprint density at radius 3 is 2.62 bits per heavy atom. The van der Waals surface area contributed by atoms with Gasteiger partial charge in [-0.3, -0.25) is 4.68 Å². The lowest BCUT2D eigenvalue weighted by Crippen LogP contribution is -2.28. The van der Waals surface area contributed by atoms with E-state index in [1.165, 1.54) is 18.4 Å². The highest BCUT2D eigenvalue weighted by Gasteiger charge is 2.19. The number of hydrogen-bond acceptors (Lipinski definition) is 5. The lowest BCUT2D eigenvalue weighted by Gasteiger charge is -2.11. The van der Waals surface area contributed by atoms with Crippen LogP contribution in [0.15, 0.2) is 36.4 Å². The maximum Gasteiger partial charge on any atom is 0.340 e. The predicted octanol–water partition coefficient (Wildman–Crippen LogP) is 4.52. The van der Waals surface area contributed by atoms with Crippen molar-refractivity contribution in [1.29, 1.82) is 0 Å². The summed E-state index contributed by atoms with van der Waals surface area (Å²) in [6.45, 7) is 7.51. The van der Waals surface area contributed by atoms with Gasteiger partial charge in [0, 0.05) is 29.2 Å². The van der Waals surface area contributed by atoms with Gasteiger partial charge in [-0.25, -0.2) is 4.79 Å². The van der Waals surface area contributed by atoms with Gasteiger partial charge in [0.05, 0.1) is 18.4 Å². The lowest BCUT2D eigenvalue weighted by molar-refractivity contribution is 0.0602. The van der Waals surface area contributed by atoms with Crippen LogP contribution in [0.2, 0.25) is 0 Å². The number of benzene rings is 1. The second-order valence-corrected chi connectivity index (χ2v) is 7.94. The molecule has 8 heteroatoms. The van der Waals surface area contributed by atoms with Crippen LogP contribution in [0, 0.1) is 13.8 Å². The Balaban J connectivity index is 1.76. The SMILES string of the molecule is CCn1nc(C)c(CNC(=S)Nc2sc(-c3ccccc3)cc2C(=O)OC)c1C. The number of rotatable bonds is 6. The molecule has 6 nitrogen and oxygen atoms in total. The number of thiophene rings is 1. The molecule has 0 unspecified atom stereocenters. The van der Waals surface area contributed by atoms with E-state index < -0.39 is 5.97 Å². The minimum absolute atomic E-state index is 0.398. The van der Waals surface area contributed by atoms with Gasteiger partial charge in [-0.15, -0.1) is 11.3 Å². The molecule has 0 amide bonds. The molecule has 0 spiro atoms. The van der Waals surface area contributed by atoms with E-state index in [9.17, 15) is 4.79 Å². The molecule has 0 saturated carbocycles. The van der Waals surface area contributed by atoms with E-state index in [1.807, 2.05) is 48.0 Å². The van der Waals surface area contributed by atoms with Gasteiger partial charge in [-0.2, -0.15) is 5.10 Å². The Bertz CT molecular complexity index is 1020. The Hall–Kier alpha value is -2.71. The minimum atomic E-state index is -0.398. The zero-order chi connectivity index (χ0) is 21.0. The van der Waals surface area contributed by atoms with Gasteiger partial charge in [-0.1, -0.05) is 30.3 Å². The molecule has 0 fully saturated rings. The number of hydrogen-bond donors (Lipinski definition) is 2. The third-order valence-corrected chi connectivity index (χ3v) is 6.03. The Morgan fingerprint density at radius 1 is 1.28 bits per heavy atom. The van der Waals surface area contributed by atoms with Crippen molar-refractivity contribution in [3.63, 3.8) is 0 Å². The summed E-state index contributed by atoms with van der Waals surface area (Å²) >= 11 is 6.93. The number of carbonyl (C=O) groups is 1. The fourth-order valence-corrected chi connectivity index (χ4v) is 4.40. The van der Waals surface area contributed by atoms with E-state index in [0.29, 0.717) is 22.2 Å². The van der Waals surface area contributed by atoms with Crippen molar-refractivity contribution in [2.75, 3.05) is 12.4 Å². The van der Waals surface area contributed by atoms with Crippen LogP contribution in [0.4, 0.5) is 5.00 Å². The fraction of sp³-hybridized carbons (Fsp3) is 0.286. The summed E-state index contributed by atoms with van der Waals surface area (Å²) < 4.78 is 6.91. The van der Waals surface area contributed by atoms with Crippen LogP contribution >= 0.6 is 23.6 Å². The number of methoxy groups -OCH3 is 1. The molecular weight excluding hydrogens is 404 g/mol. The minimum Gasteiger partial charge on any atom is -0.465 e. The zero-order valence-corrected chi connectivity index (χ0v) is 18.5. The van der Waals surface area contributed by atoms with E-state index in [4.69, 9.17) is 17.0 Å². The van der Waals surface area contributed by atoms with Crippen LogP contribution in [-0.4, -0.2) is 28.0 Å². The summed E-state index contributed by atoms with van der Waals surface area (Å²) in [7, 11) is 1.37. The molecule has 0 saturated heterocycles. The summed E-state index contributed by atoms with van der Waals surface area (Å²) in [4.78, 5) is 13.2. The Kier molecular flexibility index (Phi) is 6.66. The second kappa shape index (κ2) is 9.19. The molecule has 3 rings (SSSR count). The largest absolute Gasteiger partial charge is 0.465 e. The monoisotopic (exact) mass is 428 g/mol. The molecule has 2 aromatic heterocycles. The number of ether oxygens (including phenoxy) is 1. The van der Waals surface area contributed by atoms with E-state index in [-0.39, 0.29) is 0 Å². The standard InChI is InChI=1S/C21H24N4O2S2/c1-5-25-14(3)17(13(2)24-25)12-22-21(28)23-19-16(20(26)27-4)11-18(29-19)15-9-7-6-8-10-15/h6-11H,5,12H2,1-4H3,(H2,22,23,28). The van der Waals surface area contributed by atoms with Crippen LogP contribution in [0.1, 0.15) is 34.2 Å². The van der Waals surface area contributed by atoms with Crippen molar-refractivity contribution in [2.24, 2.45) is 0 Å². The van der Waals surface area contributed by atoms with E-state index in [0.717, 1.165) is 33.9 Å². The van der Waals surface area contributed by atoms with Crippen LogP contribution in [-0.2, 0) is 17.8 Å². The molecule has 3 aromatic rings. The molecule has 2 N–H and O–H groups in total. The topological polar surface area (TPSA) is 68.2 Å². The average Bonchev–Trinajstić information content (AvgIpc) is 3.27. The number of nitrogens with zero attached hydrogens (tertiary/aromatic N) is 2. The summed E-state index contributed by atoms with van der Waals surface area (Å²) in [5.41, 5.74) is 4.73. The van der Waals surface area contributed by atoms with Crippen molar-refractivity contribution in [3.8, 4) is 10.4 Å². The molecular formula is C21H24N4O2S2. The van der Waals surface area contributed by atoms with Gasteiger partial charge in [-0.05, 0) is 44.6 Å². The quantitative estimate of drug-likeness (QED) is 0.444. The van der Waals surface area contributed by atoms with Gasteiger partial charge in [0.1, 0.15) is 5.00 Å². The number of carbonyl (C=O) groups excluding carboxylic acids is 1. The summed E-state index contributed by atoms with van der Waals surface area (Å²) in [6, 6.07) is 11.7. The molecule has 2 heterocycles. The molecule has 0 aliphatic carbocycles. The Labute approximate surface area is 179 Å². The normalized spacial score (nSPS) is 10.6. The van der Waals surface area contributed by atoms with Gasteiger partial charge >= 0.3 is 5.97 Å². The third-order valence-electron chi connectivity index (χ3n) is 4.68. The van der Waals surface area contributed by atoms with E-state index >= 15 is 0 Å². The summed E-state index contributed by atoms with van der Waals surface area (Å²) in [6.07, 6.45) is 0. The first-order chi connectivity index (χ1) is 13.9. The third kappa shape index (κ3) is 4.65. The van der Waals surface area contributed by atoms with Crippen molar-refractivity contribution >= 4 is 39.6 Å². The fourth-order valence-electron chi connectivity index (χ4n) is 3.10. The second-order valence-electron chi connectivity index (χ2n) is 6.48. The molecule has 0 radical (unpaired) electrons. The number of thiocarbonyl (C=S) groups is 1. The highest BCUT2D eigenvalue weighted by atomic mass is 32.1. The van der Waals surface area contributed by atoms with Crippen LogP contribution < -0.4 is 10.6 Å². The number of esters is 1. The van der Waals surface area contributed by atoms with Gasteiger partial charge in [0.15, 0.2) is 5.11 Å². The molecule has 152 valence electrons. The van der Waals surface area contributed by atoms with Crippen LogP contribution in [0.25, 0.3) is 10.4 Å². The summed E-state index contributed by atoms with van der Waals surface area (Å²) in [5.74, 6) is -0.398. The number of anilines is 1. The smallest absolute Gasteiger partial charge is 0.340 e. The van der Waals surface area contributed by atoms with Crippen LogP contribution in [0.5, 0.6) is 0 Å². The molecule has 1 aromatic carbocycles. The number of aromatic nitrogens is 2. The summed E-state index contributed by atoms with van der Waals surface area (Å²) in [5, 5.41) is 12.0. The highest BCUT2D eigenvalue weighted by Crippen LogP contribution is 2.35. The van der Waals surface area contributed by atoms with Crippen molar-refractivity contribution in [2.45, 2.75) is 33.9 Å². The maximum atomic E-state index is 12.2. The zero-order valence-electron chi connectivity index (χ0n) is 16.9. The molecule has 29 heavy (non-hydrogen) atoms. The highest BCUT2D eigenvalue weighted by molar-refractivity contribution is 7.80. The van der Waals surface area contributed by atoms with Crippen molar-refractivity contribution in [1.82, 2.24) is 15.1 Å². The first-order valence-corrected chi connectivity index (χ1v) is 10.5. The number of nitrogens with one attached hydrogen (secondary N) is 2. The molecule has 0 aliphatic rings. The number of aryl methyl sites for hydroxylation is 2. The molecule has 0 atom stereocenters. The predicted molar refractivity (Wildman–Crippen MR) is 122 cm³/mol.